The van der Waals surface area contributed by atoms with Gasteiger partial charge in [-0.25, -0.2) is 8.42 Å². The Bertz CT molecular complexity index is 1140. The summed E-state index contributed by atoms with van der Waals surface area (Å²) in [6, 6.07) is 6.51. The highest BCUT2D eigenvalue weighted by Gasteiger charge is 2.33. The van der Waals surface area contributed by atoms with Crippen molar-refractivity contribution in [3.05, 3.63) is 40.3 Å². The molecule has 1 aliphatic heterocycles. The lowest BCUT2D eigenvalue weighted by atomic mass is 9.88. The molecular formula is C23H28N2O6S2. The summed E-state index contributed by atoms with van der Waals surface area (Å²) < 4.78 is 34.2. The quantitative estimate of drug-likeness (QED) is 0.615. The fraction of sp³-hybridized carbons (Fsp3) is 0.478. The minimum absolute atomic E-state index is 0.0422. The molecule has 1 aromatic carbocycles. The summed E-state index contributed by atoms with van der Waals surface area (Å²) in [4.78, 5) is 26.9. The van der Waals surface area contributed by atoms with E-state index in [0.29, 0.717) is 34.4 Å². The van der Waals surface area contributed by atoms with Gasteiger partial charge in [0.2, 0.25) is 0 Å². The number of ether oxygens (including phenoxy) is 2. The summed E-state index contributed by atoms with van der Waals surface area (Å²) in [7, 11) is -1.53. The SMILES string of the molecule is COc1ccc(OCC(=O)Nc2sc3c(c2C(=O)NC2CCS(=O)(=O)C2)CCC(C)C3)cc1. The average Bonchev–Trinajstić information content (AvgIpc) is 3.30. The molecule has 33 heavy (non-hydrogen) atoms. The van der Waals surface area contributed by atoms with Crippen molar-refractivity contribution in [1.29, 1.82) is 0 Å². The van der Waals surface area contributed by atoms with Crippen molar-refractivity contribution in [1.82, 2.24) is 5.32 Å². The molecule has 1 saturated heterocycles. The van der Waals surface area contributed by atoms with Gasteiger partial charge in [0.05, 0.1) is 24.2 Å². The Kier molecular flexibility index (Phi) is 6.94. The molecule has 10 heteroatoms. The zero-order valence-corrected chi connectivity index (χ0v) is 20.3. The molecule has 0 spiro atoms. The number of anilines is 1. The molecule has 178 valence electrons. The van der Waals surface area contributed by atoms with E-state index in [4.69, 9.17) is 9.47 Å². The van der Waals surface area contributed by atoms with Crippen molar-refractivity contribution < 1.29 is 27.5 Å². The van der Waals surface area contributed by atoms with Crippen LogP contribution < -0.4 is 20.1 Å². The molecule has 2 aromatic rings. The van der Waals surface area contributed by atoms with Gasteiger partial charge in [-0.05, 0) is 61.4 Å². The third-order valence-electron chi connectivity index (χ3n) is 5.99. The van der Waals surface area contributed by atoms with Crippen LogP contribution in [0.5, 0.6) is 11.5 Å². The monoisotopic (exact) mass is 492 g/mol. The van der Waals surface area contributed by atoms with Crippen LogP contribution in [0.4, 0.5) is 5.00 Å². The standard InChI is InChI=1S/C23H28N2O6S2/c1-14-3-8-18-19(11-14)32-23(21(18)22(27)24-15-9-10-33(28,29)13-15)25-20(26)12-31-17-6-4-16(30-2)5-7-17/h4-7,14-15H,3,8-13H2,1-2H3,(H,24,27)(H,25,26). The fourth-order valence-electron chi connectivity index (χ4n) is 4.23. The van der Waals surface area contributed by atoms with Gasteiger partial charge in [0.25, 0.3) is 11.8 Å². The Morgan fingerprint density at radius 2 is 1.88 bits per heavy atom. The predicted molar refractivity (Wildman–Crippen MR) is 127 cm³/mol. The van der Waals surface area contributed by atoms with E-state index >= 15 is 0 Å². The summed E-state index contributed by atoms with van der Waals surface area (Å²) >= 11 is 1.42. The number of rotatable bonds is 7. The maximum Gasteiger partial charge on any atom is 0.262 e. The lowest BCUT2D eigenvalue weighted by molar-refractivity contribution is -0.118. The third kappa shape index (κ3) is 5.67. The molecule has 2 unspecified atom stereocenters. The summed E-state index contributed by atoms with van der Waals surface area (Å²) in [6.07, 6.45) is 3.00. The topological polar surface area (TPSA) is 111 Å². The number of methoxy groups -OCH3 is 1. The second kappa shape index (κ2) is 9.72. The largest absolute Gasteiger partial charge is 0.497 e. The number of benzene rings is 1. The van der Waals surface area contributed by atoms with Crippen LogP contribution in [0.15, 0.2) is 24.3 Å². The van der Waals surface area contributed by atoms with E-state index in [0.717, 1.165) is 29.7 Å². The molecule has 8 nitrogen and oxygen atoms in total. The third-order valence-corrected chi connectivity index (χ3v) is 8.93. The number of amides is 2. The van der Waals surface area contributed by atoms with Crippen molar-refractivity contribution in [3.63, 3.8) is 0 Å². The number of carbonyl (C=O) groups is 2. The number of thiophene rings is 1. The lowest BCUT2D eigenvalue weighted by Crippen LogP contribution is -2.36. The maximum atomic E-state index is 13.2. The van der Waals surface area contributed by atoms with Gasteiger partial charge >= 0.3 is 0 Å². The number of hydrogen-bond donors (Lipinski definition) is 2. The number of sulfone groups is 1. The molecule has 4 rings (SSSR count). The van der Waals surface area contributed by atoms with E-state index in [1.54, 1.807) is 31.4 Å². The van der Waals surface area contributed by atoms with Crippen LogP contribution in [0.2, 0.25) is 0 Å². The molecule has 2 heterocycles. The number of nitrogens with one attached hydrogen (secondary N) is 2. The zero-order chi connectivity index (χ0) is 23.6. The zero-order valence-electron chi connectivity index (χ0n) is 18.7. The number of fused-ring (bicyclic) bond motifs is 1. The van der Waals surface area contributed by atoms with E-state index in [2.05, 4.69) is 17.6 Å². The molecule has 0 saturated carbocycles. The van der Waals surface area contributed by atoms with Gasteiger partial charge in [0.1, 0.15) is 16.5 Å². The minimum Gasteiger partial charge on any atom is -0.497 e. The Morgan fingerprint density at radius 1 is 1.15 bits per heavy atom. The van der Waals surface area contributed by atoms with Crippen LogP contribution in [0.25, 0.3) is 0 Å². The summed E-state index contributed by atoms with van der Waals surface area (Å²) in [5.41, 5.74) is 1.42. The first-order chi connectivity index (χ1) is 15.7. The highest BCUT2D eigenvalue weighted by molar-refractivity contribution is 7.91. The molecule has 2 N–H and O–H groups in total. The molecule has 1 fully saturated rings. The first-order valence-corrected chi connectivity index (χ1v) is 13.6. The van der Waals surface area contributed by atoms with Crippen LogP contribution in [0.1, 0.15) is 40.6 Å². The van der Waals surface area contributed by atoms with Gasteiger partial charge in [0.15, 0.2) is 16.4 Å². The molecule has 0 radical (unpaired) electrons. The van der Waals surface area contributed by atoms with Crippen molar-refractivity contribution >= 4 is 38.0 Å². The predicted octanol–water partition coefficient (Wildman–Crippen LogP) is 2.82. The maximum absolute atomic E-state index is 13.2. The van der Waals surface area contributed by atoms with Crippen molar-refractivity contribution in [2.45, 2.75) is 38.6 Å². The average molecular weight is 493 g/mol. The Labute approximate surface area is 197 Å². The van der Waals surface area contributed by atoms with Crippen molar-refractivity contribution in [2.24, 2.45) is 5.92 Å². The number of hydrogen-bond acceptors (Lipinski definition) is 7. The van der Waals surface area contributed by atoms with Gasteiger partial charge < -0.3 is 20.1 Å². The van der Waals surface area contributed by atoms with Crippen molar-refractivity contribution in [3.8, 4) is 11.5 Å². The van der Waals surface area contributed by atoms with Gasteiger partial charge in [-0.2, -0.15) is 0 Å². The highest BCUT2D eigenvalue weighted by atomic mass is 32.2. The van der Waals surface area contributed by atoms with Crippen LogP contribution in [-0.2, 0) is 27.5 Å². The highest BCUT2D eigenvalue weighted by Crippen LogP contribution is 2.39. The van der Waals surface area contributed by atoms with Gasteiger partial charge in [0, 0.05) is 10.9 Å². The Morgan fingerprint density at radius 3 is 2.55 bits per heavy atom. The van der Waals surface area contributed by atoms with Crippen LogP contribution in [0.3, 0.4) is 0 Å². The van der Waals surface area contributed by atoms with E-state index in [1.807, 2.05) is 0 Å². The van der Waals surface area contributed by atoms with E-state index < -0.39 is 15.9 Å². The summed E-state index contributed by atoms with van der Waals surface area (Å²) in [5, 5.41) is 6.22. The molecular weight excluding hydrogens is 464 g/mol. The van der Waals surface area contributed by atoms with Crippen molar-refractivity contribution in [2.75, 3.05) is 30.5 Å². The van der Waals surface area contributed by atoms with Crippen LogP contribution in [-0.4, -0.2) is 51.5 Å². The number of carbonyl (C=O) groups excluding carboxylic acids is 2. The van der Waals surface area contributed by atoms with E-state index in [9.17, 15) is 18.0 Å². The van der Waals surface area contributed by atoms with Crippen LogP contribution in [0, 0.1) is 5.92 Å². The Balaban J connectivity index is 1.48. The summed E-state index contributed by atoms with van der Waals surface area (Å²) in [6.45, 7) is 1.97. The normalized spacial score (nSPS) is 21.2. The molecule has 2 amide bonds. The minimum atomic E-state index is -3.11. The molecule has 0 bridgehead atoms. The fourth-order valence-corrected chi connectivity index (χ4v) is 7.33. The summed E-state index contributed by atoms with van der Waals surface area (Å²) in [5.74, 6) is 1.09. The molecule has 2 atom stereocenters. The van der Waals surface area contributed by atoms with Crippen LogP contribution >= 0.6 is 11.3 Å². The van der Waals surface area contributed by atoms with Gasteiger partial charge in [-0.1, -0.05) is 6.92 Å². The van der Waals surface area contributed by atoms with E-state index in [1.165, 1.54) is 11.3 Å². The first-order valence-electron chi connectivity index (χ1n) is 11.0. The molecule has 1 aliphatic carbocycles. The van der Waals surface area contributed by atoms with Gasteiger partial charge in [-0.3, -0.25) is 9.59 Å². The smallest absolute Gasteiger partial charge is 0.262 e. The lowest BCUT2D eigenvalue weighted by Gasteiger charge is -2.19. The Hall–Kier alpha value is -2.59. The molecule has 1 aromatic heterocycles. The molecule has 2 aliphatic rings. The van der Waals surface area contributed by atoms with Gasteiger partial charge in [-0.15, -0.1) is 11.3 Å². The van der Waals surface area contributed by atoms with E-state index in [-0.39, 0.29) is 29.9 Å². The second-order valence-corrected chi connectivity index (χ2v) is 12.0. The second-order valence-electron chi connectivity index (χ2n) is 8.64. The first kappa shape index (κ1) is 23.6.